The fourth-order valence-electron chi connectivity index (χ4n) is 1.18. The lowest BCUT2D eigenvalue weighted by atomic mass is 10.1. The van der Waals surface area contributed by atoms with E-state index in [1.807, 2.05) is 0 Å². The quantitative estimate of drug-likeness (QED) is 0.613. The maximum Gasteiger partial charge on any atom is 0.416 e. The molecular formula is C9H7ClF3NO2. The molecular weight excluding hydrogens is 247 g/mol. The Bertz CT molecular complexity index is 406. The van der Waals surface area contributed by atoms with E-state index in [0.717, 1.165) is 12.1 Å². The Hall–Kier alpha value is -1.30. The second kappa shape index (κ2) is 4.69. The number of alkyl halides is 3. The minimum Gasteiger partial charge on any atom is -0.265 e. The molecule has 0 aromatic heterocycles. The molecule has 0 aliphatic carbocycles. The molecule has 88 valence electrons. The molecule has 0 bridgehead atoms. The van der Waals surface area contributed by atoms with Crippen LogP contribution in [-0.4, -0.2) is 11.5 Å². The molecule has 16 heavy (non-hydrogen) atoms. The van der Waals surface area contributed by atoms with E-state index in [2.05, 4.69) is 0 Å². The highest BCUT2D eigenvalue weighted by molar-refractivity contribution is 6.30. The summed E-state index contributed by atoms with van der Waals surface area (Å²) in [5, 5.41) is 10.0. The molecule has 3 nitrogen and oxygen atoms in total. The lowest BCUT2D eigenvalue weighted by molar-refractivity contribution is -0.479. The number of rotatable bonds is 3. The first-order valence-corrected chi connectivity index (χ1v) is 4.65. The van der Waals surface area contributed by atoms with Crippen LogP contribution in [0.1, 0.15) is 11.1 Å². The largest absolute Gasteiger partial charge is 0.416 e. The Morgan fingerprint density at radius 2 is 1.94 bits per heavy atom. The van der Waals surface area contributed by atoms with Crippen LogP contribution in [0.25, 0.3) is 0 Å². The van der Waals surface area contributed by atoms with Crippen LogP contribution in [0.4, 0.5) is 13.2 Å². The van der Waals surface area contributed by atoms with Crippen molar-refractivity contribution in [3.8, 4) is 0 Å². The second-order valence-corrected chi connectivity index (χ2v) is 3.59. The van der Waals surface area contributed by atoms with Crippen molar-refractivity contribution < 1.29 is 18.1 Å². The molecule has 0 atom stereocenters. The smallest absolute Gasteiger partial charge is 0.265 e. The van der Waals surface area contributed by atoms with Crippen molar-refractivity contribution in [2.24, 2.45) is 0 Å². The van der Waals surface area contributed by atoms with Gasteiger partial charge in [-0.05, 0) is 23.8 Å². The summed E-state index contributed by atoms with van der Waals surface area (Å²) in [6.07, 6.45) is -4.56. The van der Waals surface area contributed by atoms with E-state index in [0.29, 0.717) is 0 Å². The number of benzene rings is 1. The highest BCUT2D eigenvalue weighted by atomic mass is 35.5. The van der Waals surface area contributed by atoms with Crippen molar-refractivity contribution >= 4 is 11.6 Å². The molecule has 1 aromatic rings. The van der Waals surface area contributed by atoms with Crippen LogP contribution in [0.15, 0.2) is 18.2 Å². The van der Waals surface area contributed by atoms with Gasteiger partial charge in [0.1, 0.15) is 0 Å². The Kier molecular flexibility index (Phi) is 3.74. The number of hydrogen-bond donors (Lipinski definition) is 0. The van der Waals surface area contributed by atoms with Gasteiger partial charge in [-0.1, -0.05) is 11.6 Å². The van der Waals surface area contributed by atoms with Crippen molar-refractivity contribution in [3.63, 3.8) is 0 Å². The van der Waals surface area contributed by atoms with Crippen LogP contribution < -0.4 is 0 Å². The summed E-state index contributed by atoms with van der Waals surface area (Å²) in [6.45, 7) is -0.419. The highest BCUT2D eigenvalue weighted by Gasteiger charge is 2.31. The summed E-state index contributed by atoms with van der Waals surface area (Å²) in [7, 11) is 0. The first kappa shape index (κ1) is 12.8. The molecule has 7 heteroatoms. The average molecular weight is 254 g/mol. The van der Waals surface area contributed by atoms with Gasteiger partial charge in [0.25, 0.3) is 0 Å². The maximum atomic E-state index is 12.4. The van der Waals surface area contributed by atoms with Crippen molar-refractivity contribution in [1.29, 1.82) is 0 Å². The Labute approximate surface area is 94.0 Å². The molecule has 0 heterocycles. The zero-order valence-electron chi connectivity index (χ0n) is 7.92. The number of hydrogen-bond acceptors (Lipinski definition) is 2. The van der Waals surface area contributed by atoms with Crippen molar-refractivity contribution in [2.45, 2.75) is 12.6 Å². The summed E-state index contributed by atoms with van der Waals surface area (Å²) in [5.74, 6) is 0. The fourth-order valence-corrected chi connectivity index (χ4v) is 1.44. The normalized spacial score (nSPS) is 11.5. The molecule has 0 saturated carbocycles. The third-order valence-corrected chi connectivity index (χ3v) is 2.09. The van der Waals surface area contributed by atoms with Gasteiger partial charge in [0.2, 0.25) is 6.54 Å². The van der Waals surface area contributed by atoms with Crippen LogP contribution in [0.2, 0.25) is 5.02 Å². The third-order valence-electron chi connectivity index (χ3n) is 1.87. The van der Waals surface area contributed by atoms with Crippen molar-refractivity contribution in [1.82, 2.24) is 0 Å². The topological polar surface area (TPSA) is 43.1 Å². The zero-order chi connectivity index (χ0) is 12.3. The molecule has 1 rings (SSSR count). The Morgan fingerprint density at radius 1 is 1.31 bits per heavy atom. The summed E-state index contributed by atoms with van der Waals surface area (Å²) in [6, 6.07) is 2.95. The van der Waals surface area contributed by atoms with E-state index >= 15 is 0 Å². The standard InChI is InChI=1S/C9H7ClF3NO2/c10-8-4-6(1-2-14(15)16)3-7(5-8)9(11,12)13/h3-5H,1-2H2. The Balaban J connectivity index is 2.94. The summed E-state index contributed by atoms with van der Waals surface area (Å²) in [4.78, 5) is 9.50. The van der Waals surface area contributed by atoms with Gasteiger partial charge in [0.15, 0.2) is 0 Å². The summed E-state index contributed by atoms with van der Waals surface area (Å²) < 4.78 is 37.1. The number of nitro groups is 1. The molecule has 0 N–H and O–H groups in total. The van der Waals surface area contributed by atoms with E-state index in [1.54, 1.807) is 0 Å². The van der Waals surface area contributed by atoms with Crippen LogP contribution in [0.3, 0.4) is 0 Å². The van der Waals surface area contributed by atoms with E-state index < -0.39 is 23.2 Å². The van der Waals surface area contributed by atoms with Crippen LogP contribution in [0, 0.1) is 10.1 Å². The van der Waals surface area contributed by atoms with E-state index in [9.17, 15) is 23.3 Å². The Morgan fingerprint density at radius 3 is 2.44 bits per heavy atom. The summed E-state index contributed by atoms with van der Waals surface area (Å²) in [5.41, 5.74) is -0.685. The van der Waals surface area contributed by atoms with Gasteiger partial charge >= 0.3 is 6.18 Å². The molecule has 1 aromatic carbocycles. The second-order valence-electron chi connectivity index (χ2n) is 3.15. The molecule has 0 radical (unpaired) electrons. The molecule has 0 fully saturated rings. The minimum atomic E-state index is -4.49. The highest BCUT2D eigenvalue weighted by Crippen LogP contribution is 2.31. The predicted octanol–water partition coefficient (Wildman–Crippen LogP) is 3.18. The SMILES string of the molecule is O=[N+]([O-])CCc1cc(Cl)cc(C(F)(F)F)c1. The van der Waals surface area contributed by atoms with Crippen LogP contribution in [-0.2, 0) is 12.6 Å². The van der Waals surface area contributed by atoms with Crippen molar-refractivity contribution in [2.75, 3.05) is 6.54 Å². The van der Waals surface area contributed by atoms with Gasteiger partial charge in [-0.3, -0.25) is 10.1 Å². The molecule has 0 unspecified atom stereocenters. The van der Waals surface area contributed by atoms with Gasteiger partial charge in [0.05, 0.1) is 5.56 Å². The van der Waals surface area contributed by atoms with E-state index in [-0.39, 0.29) is 17.0 Å². The van der Waals surface area contributed by atoms with Gasteiger partial charge in [-0.25, -0.2) is 0 Å². The molecule has 0 spiro atoms. The van der Waals surface area contributed by atoms with Gasteiger partial charge in [-0.15, -0.1) is 0 Å². The predicted molar refractivity (Wildman–Crippen MR) is 52.0 cm³/mol. The first-order chi connectivity index (χ1) is 7.29. The van der Waals surface area contributed by atoms with Gasteiger partial charge in [-0.2, -0.15) is 13.2 Å². The van der Waals surface area contributed by atoms with Gasteiger partial charge < -0.3 is 0 Å². The fraction of sp³-hybridized carbons (Fsp3) is 0.333. The summed E-state index contributed by atoms with van der Waals surface area (Å²) >= 11 is 5.50. The zero-order valence-corrected chi connectivity index (χ0v) is 8.68. The van der Waals surface area contributed by atoms with E-state index in [4.69, 9.17) is 11.6 Å². The first-order valence-electron chi connectivity index (χ1n) is 4.27. The van der Waals surface area contributed by atoms with Crippen LogP contribution in [0.5, 0.6) is 0 Å². The van der Waals surface area contributed by atoms with Gasteiger partial charge in [0, 0.05) is 16.4 Å². The molecule has 0 amide bonds. The average Bonchev–Trinajstić information content (AvgIpc) is 2.12. The lowest BCUT2D eigenvalue weighted by Gasteiger charge is -2.08. The maximum absolute atomic E-state index is 12.4. The van der Waals surface area contributed by atoms with Crippen LogP contribution >= 0.6 is 11.6 Å². The third kappa shape index (κ3) is 3.69. The van der Waals surface area contributed by atoms with Crippen molar-refractivity contribution in [3.05, 3.63) is 44.5 Å². The lowest BCUT2D eigenvalue weighted by Crippen LogP contribution is -2.08. The minimum absolute atomic E-state index is 0.0728. The molecule has 0 saturated heterocycles. The molecule has 0 aliphatic rings. The van der Waals surface area contributed by atoms with E-state index in [1.165, 1.54) is 6.07 Å². The molecule has 0 aliphatic heterocycles. The monoisotopic (exact) mass is 253 g/mol. The number of halogens is 4. The number of nitrogens with zero attached hydrogens (tertiary/aromatic N) is 1.